The number of allylic oxidation sites excluding steroid dienone is 4. The van der Waals surface area contributed by atoms with Gasteiger partial charge in [-0.3, -0.25) is 4.90 Å². The summed E-state index contributed by atoms with van der Waals surface area (Å²) >= 11 is 1.94. The molecule has 2 N–H and O–H groups in total. The first kappa shape index (κ1) is 18.8. The maximum Gasteiger partial charge on any atom is 0.328 e. The predicted octanol–water partition coefficient (Wildman–Crippen LogP) is 1.64. The maximum absolute atomic E-state index is 9.55. The van der Waals surface area contributed by atoms with Crippen molar-refractivity contribution in [2.24, 2.45) is 0 Å². The lowest BCUT2D eigenvalue weighted by Gasteiger charge is -2.12. The highest BCUT2D eigenvalue weighted by Gasteiger charge is 2.37. The number of fused-ring (bicyclic) bond motifs is 3. The summed E-state index contributed by atoms with van der Waals surface area (Å²) in [5.41, 5.74) is 2.84. The van der Waals surface area contributed by atoms with E-state index in [9.17, 15) is 9.59 Å². The van der Waals surface area contributed by atoms with Crippen molar-refractivity contribution in [1.82, 2.24) is 9.88 Å². The van der Waals surface area contributed by atoms with E-state index >= 15 is 0 Å². The molecule has 0 aromatic carbocycles. The van der Waals surface area contributed by atoms with Crippen LogP contribution in [0.15, 0.2) is 36.0 Å². The van der Waals surface area contributed by atoms with Crippen LogP contribution in [0.1, 0.15) is 36.6 Å². The topological polar surface area (TPSA) is 90.7 Å². The molecule has 2 aliphatic carbocycles. The van der Waals surface area contributed by atoms with E-state index in [4.69, 9.17) is 15.2 Å². The summed E-state index contributed by atoms with van der Waals surface area (Å²) < 4.78 is 1.40. The predicted molar refractivity (Wildman–Crippen MR) is 107 cm³/mol. The number of thiazole rings is 1. The molecule has 5 rings (SSSR count). The van der Waals surface area contributed by atoms with Gasteiger partial charge in [-0.2, -0.15) is 0 Å². The summed E-state index contributed by atoms with van der Waals surface area (Å²) in [6, 6.07) is 0.850. The fraction of sp³-hybridized carbons (Fsp3) is 0.381. The lowest BCUT2D eigenvalue weighted by molar-refractivity contribution is -0.134. The zero-order chi connectivity index (χ0) is 19.7. The Morgan fingerprint density at radius 2 is 2.04 bits per heavy atom. The van der Waals surface area contributed by atoms with E-state index in [1.807, 2.05) is 11.3 Å². The average Bonchev–Trinajstić information content (AvgIpc) is 3.38. The van der Waals surface area contributed by atoms with Crippen molar-refractivity contribution in [3.63, 3.8) is 0 Å². The largest absolute Gasteiger partial charge is 0.478 e. The minimum Gasteiger partial charge on any atom is -0.478 e. The maximum atomic E-state index is 9.55. The molecule has 0 spiro atoms. The summed E-state index contributed by atoms with van der Waals surface area (Å²) in [6.45, 7) is 2.56. The molecule has 146 valence electrons. The molecule has 2 saturated heterocycles. The van der Waals surface area contributed by atoms with Crippen molar-refractivity contribution in [3.05, 3.63) is 50.8 Å². The molecule has 0 bridgehead atoms. The fourth-order valence-electron chi connectivity index (χ4n) is 4.33. The monoisotopic (exact) mass is 398 g/mol. The molecule has 3 heterocycles. The van der Waals surface area contributed by atoms with Crippen molar-refractivity contribution < 1.29 is 19.8 Å². The molecule has 1 aromatic rings. The number of rotatable bonds is 3. The van der Waals surface area contributed by atoms with Gasteiger partial charge in [-0.05, 0) is 49.5 Å². The molecule has 0 unspecified atom stereocenters. The van der Waals surface area contributed by atoms with E-state index in [-0.39, 0.29) is 0 Å². The average molecular weight is 398 g/mol. The SMILES string of the molecule is C1=CCC2=c3nc([C@@H]4C[C@H]5CCCN5C4)sc3=CC2=C1.O=C(O)C=CC(=O)O. The van der Waals surface area contributed by atoms with E-state index in [0.717, 1.165) is 12.5 Å². The Kier molecular flexibility index (Phi) is 5.28. The fourth-order valence-corrected chi connectivity index (χ4v) is 5.48. The Hall–Kier alpha value is -2.51. The van der Waals surface area contributed by atoms with E-state index < -0.39 is 11.9 Å². The van der Waals surface area contributed by atoms with Crippen LogP contribution < -0.4 is 9.88 Å². The highest BCUT2D eigenvalue weighted by Crippen LogP contribution is 2.37. The van der Waals surface area contributed by atoms with Gasteiger partial charge in [-0.25, -0.2) is 14.6 Å². The van der Waals surface area contributed by atoms with Crippen LogP contribution in [0.2, 0.25) is 0 Å². The second-order valence-corrected chi connectivity index (χ2v) is 8.44. The Morgan fingerprint density at radius 1 is 1.25 bits per heavy atom. The van der Waals surface area contributed by atoms with Gasteiger partial charge in [0.15, 0.2) is 0 Å². The van der Waals surface area contributed by atoms with Crippen LogP contribution in [0.25, 0.3) is 11.6 Å². The molecule has 2 aliphatic heterocycles. The van der Waals surface area contributed by atoms with Crippen LogP contribution >= 0.6 is 11.3 Å². The number of aromatic nitrogens is 1. The Labute approximate surface area is 166 Å². The van der Waals surface area contributed by atoms with Gasteiger partial charge >= 0.3 is 11.9 Å². The Morgan fingerprint density at radius 3 is 2.75 bits per heavy atom. The van der Waals surface area contributed by atoms with Crippen LogP contribution in [-0.4, -0.2) is 51.2 Å². The third-order valence-corrected chi connectivity index (χ3v) is 6.72. The van der Waals surface area contributed by atoms with E-state index in [2.05, 4.69) is 29.2 Å². The van der Waals surface area contributed by atoms with Crippen molar-refractivity contribution >= 4 is 34.9 Å². The number of aliphatic carboxylic acids is 2. The third-order valence-electron chi connectivity index (χ3n) is 5.55. The first-order valence-electron chi connectivity index (χ1n) is 9.48. The summed E-state index contributed by atoms with van der Waals surface area (Å²) in [6.07, 6.45) is 15.3. The molecule has 2 atom stereocenters. The quantitative estimate of drug-likeness (QED) is 0.753. The number of carboxylic acid groups (broad SMARTS) is 2. The highest BCUT2D eigenvalue weighted by molar-refractivity contribution is 7.09. The van der Waals surface area contributed by atoms with E-state index in [0.29, 0.717) is 18.1 Å². The first-order chi connectivity index (χ1) is 13.5. The molecule has 0 saturated carbocycles. The highest BCUT2D eigenvalue weighted by atomic mass is 32.1. The minimum atomic E-state index is -1.26. The third kappa shape index (κ3) is 3.86. The van der Waals surface area contributed by atoms with Crippen LogP contribution in [0.3, 0.4) is 0 Å². The molecule has 0 radical (unpaired) electrons. The zero-order valence-electron chi connectivity index (χ0n) is 15.4. The second-order valence-electron chi connectivity index (χ2n) is 7.38. The van der Waals surface area contributed by atoms with Gasteiger partial charge in [0.1, 0.15) is 0 Å². The lowest BCUT2D eigenvalue weighted by Crippen LogP contribution is -2.22. The smallest absolute Gasteiger partial charge is 0.328 e. The van der Waals surface area contributed by atoms with Gasteiger partial charge in [-0.1, -0.05) is 18.2 Å². The molecular formula is C21H22N2O4S. The number of carboxylic acids is 2. The molecule has 6 nitrogen and oxygen atoms in total. The summed E-state index contributed by atoms with van der Waals surface area (Å²) in [5, 5.41) is 18.3. The van der Waals surface area contributed by atoms with Gasteiger partial charge < -0.3 is 10.2 Å². The van der Waals surface area contributed by atoms with Crippen molar-refractivity contribution in [3.8, 4) is 0 Å². The summed E-state index contributed by atoms with van der Waals surface area (Å²) in [4.78, 5) is 26.8. The first-order valence-corrected chi connectivity index (χ1v) is 10.3. The Balaban J connectivity index is 0.000000208. The number of nitrogens with zero attached hydrogens (tertiary/aromatic N) is 2. The standard InChI is InChI=1S/C17H18N2S.C4H4O4/c1-2-6-14-11(4-1)9-15-16(14)18-17(20-15)12-8-13-5-3-7-19(13)10-12;5-3(6)1-2-4(7)8/h1-2,4,9,12-13H,3,5-8,10H2;1-2H,(H,5,6)(H,7,8)/t12-,13-;/m1./s1. The van der Waals surface area contributed by atoms with Gasteiger partial charge in [0.2, 0.25) is 0 Å². The molecule has 4 aliphatic rings. The number of hydrogen-bond acceptors (Lipinski definition) is 5. The summed E-state index contributed by atoms with van der Waals surface area (Å²) in [5.74, 6) is -1.82. The molecular weight excluding hydrogens is 376 g/mol. The van der Waals surface area contributed by atoms with E-state index in [1.54, 1.807) is 0 Å². The van der Waals surface area contributed by atoms with Crippen LogP contribution in [0.4, 0.5) is 0 Å². The van der Waals surface area contributed by atoms with Crippen molar-refractivity contribution in [2.45, 2.75) is 37.6 Å². The van der Waals surface area contributed by atoms with Crippen LogP contribution in [0.5, 0.6) is 0 Å². The second kappa shape index (κ2) is 7.85. The van der Waals surface area contributed by atoms with Crippen LogP contribution in [0, 0.1) is 0 Å². The minimum absolute atomic E-state index is 0.558. The van der Waals surface area contributed by atoms with Gasteiger partial charge in [0.25, 0.3) is 0 Å². The van der Waals surface area contributed by atoms with Crippen LogP contribution in [-0.2, 0) is 9.59 Å². The Bertz CT molecular complexity index is 990. The van der Waals surface area contributed by atoms with Crippen molar-refractivity contribution in [2.75, 3.05) is 13.1 Å². The van der Waals surface area contributed by atoms with Gasteiger partial charge in [0, 0.05) is 30.7 Å². The van der Waals surface area contributed by atoms with E-state index in [1.165, 1.54) is 58.4 Å². The number of hydrogen-bond donors (Lipinski definition) is 2. The summed E-state index contributed by atoms with van der Waals surface area (Å²) in [7, 11) is 0. The lowest BCUT2D eigenvalue weighted by atomic mass is 10.0. The molecule has 7 heteroatoms. The van der Waals surface area contributed by atoms with Gasteiger partial charge in [0.05, 0.1) is 14.9 Å². The molecule has 1 aromatic heterocycles. The molecule has 0 amide bonds. The molecule has 2 fully saturated rings. The zero-order valence-corrected chi connectivity index (χ0v) is 16.2. The number of carbonyl (C=O) groups is 2. The van der Waals surface area contributed by atoms with Crippen molar-refractivity contribution in [1.29, 1.82) is 0 Å². The molecule has 28 heavy (non-hydrogen) atoms. The van der Waals surface area contributed by atoms with Gasteiger partial charge in [-0.15, -0.1) is 11.3 Å². The normalized spacial score (nSPS) is 24.9.